The zero-order valence-corrected chi connectivity index (χ0v) is 8.84. The molecular weight excluding hydrogens is 200 g/mol. The van der Waals surface area contributed by atoms with E-state index in [0.29, 0.717) is 0 Å². The summed E-state index contributed by atoms with van der Waals surface area (Å²) in [6, 6.07) is 13.7. The second-order valence-corrected chi connectivity index (χ2v) is 3.71. The van der Waals surface area contributed by atoms with Gasteiger partial charge in [0.25, 0.3) is 0 Å². The molecule has 0 unspecified atom stereocenters. The topological polar surface area (TPSA) is 38.9 Å². The van der Waals surface area contributed by atoms with Gasteiger partial charge in [-0.25, -0.2) is 0 Å². The number of aryl methyl sites for hydroxylation is 1. The van der Waals surface area contributed by atoms with E-state index in [4.69, 9.17) is 4.42 Å². The summed E-state index contributed by atoms with van der Waals surface area (Å²) >= 11 is 0. The van der Waals surface area contributed by atoms with Crippen LogP contribution in [0.25, 0.3) is 22.4 Å². The monoisotopic (exact) mass is 210 g/mol. The number of benzene rings is 1. The van der Waals surface area contributed by atoms with E-state index in [1.807, 2.05) is 49.4 Å². The summed E-state index contributed by atoms with van der Waals surface area (Å²) in [5.41, 5.74) is 2.54. The van der Waals surface area contributed by atoms with Crippen molar-refractivity contribution in [1.82, 2.24) is 10.2 Å². The maximum atomic E-state index is 5.69. The predicted molar refractivity (Wildman–Crippen MR) is 62.0 cm³/mol. The predicted octanol–water partition coefficient (Wildman–Crippen LogP) is 3.20. The second kappa shape index (κ2) is 3.45. The summed E-state index contributed by atoms with van der Waals surface area (Å²) in [7, 11) is 0. The summed E-state index contributed by atoms with van der Waals surface area (Å²) in [5, 5.41) is 9.20. The quantitative estimate of drug-likeness (QED) is 0.619. The van der Waals surface area contributed by atoms with E-state index in [1.54, 1.807) is 0 Å². The van der Waals surface area contributed by atoms with Crippen molar-refractivity contribution >= 4 is 11.0 Å². The van der Waals surface area contributed by atoms with Gasteiger partial charge in [-0.3, -0.25) is 0 Å². The van der Waals surface area contributed by atoms with Gasteiger partial charge in [0.05, 0.1) is 5.69 Å². The first-order valence-electron chi connectivity index (χ1n) is 5.12. The molecule has 0 fully saturated rings. The third kappa shape index (κ3) is 1.46. The average molecular weight is 210 g/mol. The van der Waals surface area contributed by atoms with E-state index < -0.39 is 0 Å². The second-order valence-electron chi connectivity index (χ2n) is 3.71. The normalized spacial score (nSPS) is 10.8. The number of para-hydroxylation sites is 1. The van der Waals surface area contributed by atoms with E-state index >= 15 is 0 Å². The Kier molecular flexibility index (Phi) is 1.96. The highest BCUT2D eigenvalue weighted by Gasteiger charge is 2.06. The van der Waals surface area contributed by atoms with Crippen LogP contribution in [0.5, 0.6) is 0 Å². The van der Waals surface area contributed by atoms with Crippen molar-refractivity contribution < 1.29 is 4.42 Å². The van der Waals surface area contributed by atoms with Gasteiger partial charge in [-0.2, -0.15) is 5.10 Å². The minimum absolute atomic E-state index is 0.758. The van der Waals surface area contributed by atoms with Crippen molar-refractivity contribution in [2.45, 2.75) is 6.92 Å². The Hall–Kier alpha value is -2.16. The lowest BCUT2D eigenvalue weighted by atomic mass is 10.2. The smallest absolute Gasteiger partial charge is 0.155 e. The number of hydrogen-bond acceptors (Lipinski definition) is 3. The van der Waals surface area contributed by atoms with Gasteiger partial charge in [-0.15, -0.1) is 5.10 Å². The van der Waals surface area contributed by atoms with Crippen LogP contribution >= 0.6 is 0 Å². The number of aromatic nitrogens is 2. The number of hydrogen-bond donors (Lipinski definition) is 0. The molecule has 2 aromatic heterocycles. The van der Waals surface area contributed by atoms with Crippen LogP contribution in [0.1, 0.15) is 5.69 Å². The first-order valence-corrected chi connectivity index (χ1v) is 5.12. The molecule has 0 aliphatic rings. The summed E-state index contributed by atoms with van der Waals surface area (Å²) in [6.07, 6.45) is 0. The minimum Gasteiger partial charge on any atom is -0.454 e. The molecule has 0 saturated carbocycles. The fraction of sp³-hybridized carbons (Fsp3) is 0.0769. The van der Waals surface area contributed by atoms with Crippen LogP contribution < -0.4 is 0 Å². The molecule has 0 amide bonds. The number of fused-ring (bicyclic) bond motifs is 1. The molecule has 0 radical (unpaired) electrons. The molecule has 1 aromatic carbocycles. The largest absolute Gasteiger partial charge is 0.454 e. The van der Waals surface area contributed by atoms with Gasteiger partial charge >= 0.3 is 0 Å². The molecule has 3 aromatic rings. The molecule has 3 rings (SSSR count). The molecule has 0 saturated heterocycles. The first-order chi connectivity index (χ1) is 7.83. The van der Waals surface area contributed by atoms with E-state index in [-0.39, 0.29) is 0 Å². The summed E-state index contributed by atoms with van der Waals surface area (Å²) < 4.78 is 5.69. The van der Waals surface area contributed by atoms with Gasteiger partial charge in [0, 0.05) is 5.39 Å². The van der Waals surface area contributed by atoms with Crippen LogP contribution in [0, 0.1) is 6.92 Å². The minimum atomic E-state index is 0.758. The highest BCUT2D eigenvalue weighted by atomic mass is 16.3. The highest BCUT2D eigenvalue weighted by molar-refractivity contribution is 5.81. The van der Waals surface area contributed by atoms with Crippen LogP contribution in [0.2, 0.25) is 0 Å². The molecule has 0 bridgehead atoms. The van der Waals surface area contributed by atoms with Gasteiger partial charge in [0.2, 0.25) is 0 Å². The number of furan rings is 1. The average Bonchev–Trinajstić information content (AvgIpc) is 2.73. The molecule has 0 aliphatic carbocycles. The summed E-state index contributed by atoms with van der Waals surface area (Å²) in [6.45, 7) is 1.91. The van der Waals surface area contributed by atoms with Gasteiger partial charge in [-0.05, 0) is 31.2 Å². The van der Waals surface area contributed by atoms with Gasteiger partial charge in [0.1, 0.15) is 11.3 Å². The van der Waals surface area contributed by atoms with E-state index in [9.17, 15) is 0 Å². The molecule has 0 aliphatic heterocycles. The van der Waals surface area contributed by atoms with Crippen molar-refractivity contribution in [2.24, 2.45) is 0 Å². The van der Waals surface area contributed by atoms with Gasteiger partial charge in [0.15, 0.2) is 5.76 Å². The molecular formula is C13H10N2O. The molecule has 0 atom stereocenters. The lowest BCUT2D eigenvalue weighted by Crippen LogP contribution is -1.87. The zero-order valence-electron chi connectivity index (χ0n) is 8.84. The number of rotatable bonds is 1. The zero-order chi connectivity index (χ0) is 11.0. The van der Waals surface area contributed by atoms with Crippen molar-refractivity contribution in [3.05, 3.63) is 48.2 Å². The Balaban J connectivity index is 2.15. The molecule has 0 spiro atoms. The maximum Gasteiger partial charge on any atom is 0.155 e. The van der Waals surface area contributed by atoms with Crippen molar-refractivity contribution in [1.29, 1.82) is 0 Å². The molecule has 16 heavy (non-hydrogen) atoms. The molecule has 3 heteroatoms. The highest BCUT2D eigenvalue weighted by Crippen LogP contribution is 2.25. The fourth-order valence-electron chi connectivity index (χ4n) is 1.64. The molecule has 2 heterocycles. The summed E-state index contributed by atoms with van der Waals surface area (Å²) in [4.78, 5) is 0. The molecule has 0 N–H and O–H groups in total. The van der Waals surface area contributed by atoms with Crippen LogP contribution in [-0.4, -0.2) is 10.2 Å². The lowest BCUT2D eigenvalue weighted by molar-refractivity contribution is 0.627. The van der Waals surface area contributed by atoms with Gasteiger partial charge in [-0.1, -0.05) is 18.2 Å². The number of nitrogens with zero attached hydrogens (tertiary/aromatic N) is 2. The van der Waals surface area contributed by atoms with Gasteiger partial charge < -0.3 is 4.42 Å². The third-order valence-electron chi connectivity index (χ3n) is 2.48. The van der Waals surface area contributed by atoms with Crippen LogP contribution in [0.4, 0.5) is 0 Å². The maximum absolute atomic E-state index is 5.69. The van der Waals surface area contributed by atoms with Crippen LogP contribution in [0.3, 0.4) is 0 Å². The Morgan fingerprint density at radius 3 is 2.62 bits per heavy atom. The summed E-state index contributed by atoms with van der Waals surface area (Å²) in [5.74, 6) is 0.758. The van der Waals surface area contributed by atoms with Crippen molar-refractivity contribution in [3.8, 4) is 11.5 Å². The van der Waals surface area contributed by atoms with E-state index in [2.05, 4.69) is 10.2 Å². The fourth-order valence-corrected chi connectivity index (χ4v) is 1.64. The molecule has 3 nitrogen and oxygen atoms in total. The SMILES string of the molecule is Cc1ccc(-c2cc3ccccc3o2)nn1. The molecule has 78 valence electrons. The Labute approximate surface area is 92.7 Å². The Bertz CT molecular complexity index is 593. The third-order valence-corrected chi connectivity index (χ3v) is 2.48. The van der Waals surface area contributed by atoms with E-state index in [1.165, 1.54) is 0 Å². The Morgan fingerprint density at radius 1 is 1.00 bits per heavy atom. The van der Waals surface area contributed by atoms with Crippen LogP contribution in [-0.2, 0) is 0 Å². The Morgan fingerprint density at radius 2 is 1.88 bits per heavy atom. The first kappa shape index (κ1) is 9.09. The van der Waals surface area contributed by atoms with Crippen LogP contribution in [0.15, 0.2) is 46.9 Å². The van der Waals surface area contributed by atoms with Crippen molar-refractivity contribution in [2.75, 3.05) is 0 Å². The standard InChI is InChI=1S/C13H10N2O/c1-9-6-7-11(15-14-9)13-8-10-4-2-3-5-12(10)16-13/h2-8H,1H3. The van der Waals surface area contributed by atoms with Crippen molar-refractivity contribution in [3.63, 3.8) is 0 Å². The lowest BCUT2D eigenvalue weighted by Gasteiger charge is -1.94. The van der Waals surface area contributed by atoms with E-state index in [0.717, 1.165) is 28.1 Å².